The van der Waals surface area contributed by atoms with Gasteiger partial charge in [0.2, 0.25) is 5.91 Å². The maximum absolute atomic E-state index is 12.1. The Hall–Kier alpha value is -1.94. The van der Waals surface area contributed by atoms with Crippen LogP contribution in [0.25, 0.3) is 0 Å². The molecule has 1 amide bonds. The molecule has 0 radical (unpaired) electrons. The molecule has 3 N–H and O–H groups in total. The molecular formula is C17H20N2OS. The molecule has 0 saturated carbocycles. The van der Waals surface area contributed by atoms with Crippen LogP contribution in [-0.4, -0.2) is 11.7 Å². The van der Waals surface area contributed by atoms with E-state index in [4.69, 9.17) is 5.73 Å². The lowest BCUT2D eigenvalue weighted by Crippen LogP contribution is -2.15. The Morgan fingerprint density at radius 2 is 1.81 bits per heavy atom. The van der Waals surface area contributed by atoms with E-state index in [1.807, 2.05) is 48.5 Å². The second-order valence-electron chi connectivity index (χ2n) is 5.12. The molecule has 0 spiro atoms. The summed E-state index contributed by atoms with van der Waals surface area (Å²) in [7, 11) is 0. The van der Waals surface area contributed by atoms with Gasteiger partial charge >= 0.3 is 0 Å². The van der Waals surface area contributed by atoms with Crippen molar-refractivity contribution in [1.82, 2.24) is 0 Å². The average molecular weight is 300 g/mol. The maximum atomic E-state index is 12.1. The fraction of sp³-hybridized carbons (Fsp3) is 0.235. The van der Waals surface area contributed by atoms with Gasteiger partial charge < -0.3 is 11.1 Å². The molecule has 0 atom stereocenters. The van der Waals surface area contributed by atoms with Crippen LogP contribution in [-0.2, 0) is 4.79 Å². The topological polar surface area (TPSA) is 55.1 Å². The molecule has 0 aliphatic carbocycles. The number of hydrogen-bond acceptors (Lipinski definition) is 3. The SMILES string of the molecule is CC(C)c1ccccc1NC(=O)CSc1ccccc1N. The van der Waals surface area contributed by atoms with Crippen molar-refractivity contribution < 1.29 is 4.79 Å². The summed E-state index contributed by atoms with van der Waals surface area (Å²) in [5.41, 5.74) is 8.61. The number of nitrogen functional groups attached to an aromatic ring is 1. The molecule has 0 heterocycles. The summed E-state index contributed by atoms with van der Waals surface area (Å²) in [6.45, 7) is 4.23. The molecule has 0 fully saturated rings. The molecule has 4 heteroatoms. The first-order valence-corrected chi connectivity index (χ1v) is 7.92. The Labute approximate surface area is 129 Å². The normalized spacial score (nSPS) is 10.6. The van der Waals surface area contributed by atoms with Crippen molar-refractivity contribution in [1.29, 1.82) is 0 Å². The molecule has 0 saturated heterocycles. The van der Waals surface area contributed by atoms with E-state index in [-0.39, 0.29) is 5.91 Å². The van der Waals surface area contributed by atoms with Crippen LogP contribution in [0.3, 0.4) is 0 Å². The molecular weight excluding hydrogens is 280 g/mol. The molecule has 0 aliphatic rings. The van der Waals surface area contributed by atoms with Gasteiger partial charge in [0.15, 0.2) is 0 Å². The number of thioether (sulfide) groups is 1. The van der Waals surface area contributed by atoms with Crippen molar-refractivity contribution in [2.24, 2.45) is 0 Å². The summed E-state index contributed by atoms with van der Waals surface area (Å²) in [6.07, 6.45) is 0. The zero-order valence-corrected chi connectivity index (χ0v) is 13.1. The van der Waals surface area contributed by atoms with E-state index in [1.54, 1.807) is 0 Å². The highest BCUT2D eigenvalue weighted by Crippen LogP contribution is 2.26. The van der Waals surface area contributed by atoms with Crippen LogP contribution < -0.4 is 11.1 Å². The van der Waals surface area contributed by atoms with Gasteiger partial charge in [-0.05, 0) is 29.7 Å². The van der Waals surface area contributed by atoms with Crippen LogP contribution in [0.1, 0.15) is 25.3 Å². The van der Waals surface area contributed by atoms with Crippen molar-refractivity contribution in [2.75, 3.05) is 16.8 Å². The van der Waals surface area contributed by atoms with Crippen LogP contribution in [0.5, 0.6) is 0 Å². The lowest BCUT2D eigenvalue weighted by Gasteiger charge is -2.13. The number of rotatable bonds is 5. The van der Waals surface area contributed by atoms with Gasteiger partial charge in [-0.25, -0.2) is 0 Å². The van der Waals surface area contributed by atoms with Gasteiger partial charge in [0, 0.05) is 16.3 Å². The summed E-state index contributed by atoms with van der Waals surface area (Å²) >= 11 is 1.45. The second kappa shape index (κ2) is 7.18. The van der Waals surface area contributed by atoms with Gasteiger partial charge in [-0.15, -0.1) is 11.8 Å². The third-order valence-electron chi connectivity index (χ3n) is 3.13. The Morgan fingerprint density at radius 3 is 2.52 bits per heavy atom. The van der Waals surface area contributed by atoms with Crippen molar-refractivity contribution in [2.45, 2.75) is 24.7 Å². The molecule has 3 nitrogen and oxygen atoms in total. The molecule has 2 aromatic carbocycles. The number of carbonyl (C=O) groups is 1. The molecule has 0 bridgehead atoms. The number of benzene rings is 2. The van der Waals surface area contributed by atoms with E-state index in [0.717, 1.165) is 16.1 Å². The van der Waals surface area contributed by atoms with Gasteiger partial charge in [-0.2, -0.15) is 0 Å². The van der Waals surface area contributed by atoms with Crippen LogP contribution in [0.15, 0.2) is 53.4 Å². The third-order valence-corrected chi connectivity index (χ3v) is 4.22. The van der Waals surface area contributed by atoms with E-state index >= 15 is 0 Å². The zero-order chi connectivity index (χ0) is 15.2. The summed E-state index contributed by atoms with van der Waals surface area (Å²) in [5, 5.41) is 2.98. The average Bonchev–Trinajstić information content (AvgIpc) is 2.47. The minimum atomic E-state index is -0.0173. The predicted octanol–water partition coefficient (Wildman–Crippen LogP) is 4.12. The quantitative estimate of drug-likeness (QED) is 0.645. The Kier molecular flexibility index (Phi) is 5.28. The lowest BCUT2D eigenvalue weighted by molar-refractivity contribution is -0.113. The van der Waals surface area contributed by atoms with Crippen LogP contribution >= 0.6 is 11.8 Å². The fourth-order valence-electron chi connectivity index (χ4n) is 2.06. The predicted molar refractivity (Wildman–Crippen MR) is 90.7 cm³/mol. The smallest absolute Gasteiger partial charge is 0.234 e. The number of anilines is 2. The monoisotopic (exact) mass is 300 g/mol. The van der Waals surface area contributed by atoms with Gasteiger partial charge in [-0.1, -0.05) is 44.2 Å². The number of amides is 1. The second-order valence-corrected chi connectivity index (χ2v) is 6.13. The van der Waals surface area contributed by atoms with Crippen molar-refractivity contribution in [3.8, 4) is 0 Å². The number of hydrogen-bond donors (Lipinski definition) is 2. The summed E-state index contributed by atoms with van der Waals surface area (Å²) < 4.78 is 0. The largest absolute Gasteiger partial charge is 0.398 e. The zero-order valence-electron chi connectivity index (χ0n) is 12.3. The summed E-state index contributed by atoms with van der Waals surface area (Å²) in [4.78, 5) is 13.0. The van der Waals surface area contributed by atoms with Crippen LogP contribution in [0.4, 0.5) is 11.4 Å². The minimum Gasteiger partial charge on any atom is -0.398 e. The number of carbonyl (C=O) groups excluding carboxylic acids is 1. The van der Waals surface area contributed by atoms with Crippen molar-refractivity contribution in [3.05, 3.63) is 54.1 Å². The minimum absolute atomic E-state index is 0.0173. The molecule has 0 aliphatic heterocycles. The Bertz CT molecular complexity index is 626. The number of para-hydroxylation sites is 2. The molecule has 0 unspecified atom stereocenters. The highest BCUT2D eigenvalue weighted by atomic mass is 32.2. The lowest BCUT2D eigenvalue weighted by atomic mass is 10.0. The third kappa shape index (κ3) is 4.26. The van der Waals surface area contributed by atoms with Gasteiger partial charge in [0.1, 0.15) is 0 Å². The molecule has 21 heavy (non-hydrogen) atoms. The van der Waals surface area contributed by atoms with Gasteiger partial charge in [-0.3, -0.25) is 4.79 Å². The molecule has 0 aromatic heterocycles. The van der Waals surface area contributed by atoms with E-state index < -0.39 is 0 Å². The molecule has 110 valence electrons. The standard InChI is InChI=1S/C17H20N2OS/c1-12(2)13-7-3-5-9-15(13)19-17(20)11-21-16-10-6-4-8-14(16)18/h3-10,12H,11,18H2,1-2H3,(H,19,20). The fourth-order valence-corrected chi connectivity index (χ4v) is 2.82. The molecule has 2 rings (SSSR count). The Morgan fingerprint density at radius 1 is 1.14 bits per heavy atom. The number of nitrogens with two attached hydrogens (primary N) is 1. The first kappa shape index (κ1) is 15.4. The van der Waals surface area contributed by atoms with E-state index in [1.165, 1.54) is 11.8 Å². The maximum Gasteiger partial charge on any atom is 0.234 e. The molecule has 2 aromatic rings. The van der Waals surface area contributed by atoms with Crippen LogP contribution in [0.2, 0.25) is 0 Å². The summed E-state index contributed by atoms with van der Waals surface area (Å²) in [5.74, 6) is 0.705. The summed E-state index contributed by atoms with van der Waals surface area (Å²) in [6, 6.07) is 15.5. The highest BCUT2D eigenvalue weighted by molar-refractivity contribution is 8.00. The highest BCUT2D eigenvalue weighted by Gasteiger charge is 2.10. The van der Waals surface area contributed by atoms with Gasteiger partial charge in [0.05, 0.1) is 5.75 Å². The van der Waals surface area contributed by atoms with Gasteiger partial charge in [0.25, 0.3) is 0 Å². The van der Waals surface area contributed by atoms with E-state index in [2.05, 4.69) is 19.2 Å². The first-order chi connectivity index (χ1) is 10.1. The van der Waals surface area contributed by atoms with Crippen molar-refractivity contribution in [3.63, 3.8) is 0 Å². The Balaban J connectivity index is 1.98. The van der Waals surface area contributed by atoms with Crippen molar-refractivity contribution >= 4 is 29.0 Å². The van der Waals surface area contributed by atoms with E-state index in [0.29, 0.717) is 17.4 Å². The first-order valence-electron chi connectivity index (χ1n) is 6.94. The van der Waals surface area contributed by atoms with Crippen LogP contribution in [0, 0.1) is 0 Å². The number of nitrogens with one attached hydrogen (secondary N) is 1. The van der Waals surface area contributed by atoms with E-state index in [9.17, 15) is 4.79 Å².